The summed E-state index contributed by atoms with van der Waals surface area (Å²) in [6, 6.07) is 0. The third-order valence-electron chi connectivity index (χ3n) is 1.06. The van der Waals surface area contributed by atoms with E-state index in [0.717, 1.165) is 0 Å². The van der Waals surface area contributed by atoms with Gasteiger partial charge in [0.25, 0.3) is 0 Å². The Morgan fingerprint density at radius 1 is 1.45 bits per heavy atom. The van der Waals surface area contributed by atoms with Crippen LogP contribution in [0.1, 0.15) is 13.8 Å². The number of hydrogen-bond donors (Lipinski definition) is 1. The number of ether oxygens (including phenoxy) is 3. The Labute approximate surface area is 73.4 Å². The van der Waals surface area contributed by atoms with Crippen molar-refractivity contribution in [3.05, 3.63) is 0 Å². The van der Waals surface area contributed by atoms with E-state index in [1.807, 2.05) is 13.8 Å². The first-order valence-corrected chi connectivity index (χ1v) is 4.16. The van der Waals surface area contributed by atoms with Crippen molar-refractivity contribution in [2.24, 2.45) is 0 Å². The third kappa shape index (κ3) is 6.62. The summed E-state index contributed by atoms with van der Waals surface area (Å²) in [4.78, 5) is 0. The molecule has 0 saturated heterocycles. The van der Waals surface area contributed by atoms with Gasteiger partial charge in [-0.2, -0.15) is 0 Å². The second-order valence-corrected chi connectivity index (χ2v) is 2.65. The Morgan fingerprint density at radius 3 is 2.55 bits per heavy atom. The van der Waals surface area contributed by atoms with Gasteiger partial charge in [0.2, 0.25) is 0 Å². The van der Waals surface area contributed by atoms with E-state index >= 15 is 0 Å². The Morgan fingerprint density at radius 2 is 2.09 bits per heavy atom. The Kier molecular flexibility index (Phi) is 7.06. The lowest BCUT2D eigenvalue weighted by molar-refractivity contribution is -0.144. The first-order chi connectivity index (χ1) is 5.20. The zero-order chi connectivity index (χ0) is 8.69. The van der Waals surface area contributed by atoms with Gasteiger partial charge in [-0.1, -0.05) is 0 Å². The molecule has 0 fully saturated rings. The second kappa shape index (κ2) is 6.91. The minimum Gasteiger partial charge on any atom is -0.381 e. The minimum atomic E-state index is -0.211. The van der Waals surface area contributed by atoms with Crippen LogP contribution in [-0.4, -0.2) is 32.0 Å². The molecule has 0 aromatic heterocycles. The molecule has 0 aromatic carbocycles. The SMILES string of the molecule is CCO[C@H](C)O[C@H](S)COC. The van der Waals surface area contributed by atoms with Crippen molar-refractivity contribution in [3.8, 4) is 0 Å². The van der Waals surface area contributed by atoms with Gasteiger partial charge in [0.1, 0.15) is 5.44 Å². The number of hydrogen-bond acceptors (Lipinski definition) is 4. The van der Waals surface area contributed by atoms with Crippen LogP contribution in [0.15, 0.2) is 0 Å². The molecule has 0 N–H and O–H groups in total. The molecule has 0 heterocycles. The standard InChI is InChI=1S/C7H16O3S/c1-4-9-6(2)10-7(11)5-8-3/h6-7,11H,4-5H2,1-3H3/t6-,7+/m0/s1. The molecular formula is C7H16O3S. The molecule has 0 aliphatic heterocycles. The molecule has 0 aliphatic rings. The zero-order valence-corrected chi connectivity index (χ0v) is 8.14. The molecule has 3 nitrogen and oxygen atoms in total. The van der Waals surface area contributed by atoms with Gasteiger partial charge in [-0.25, -0.2) is 0 Å². The molecule has 68 valence electrons. The molecule has 0 unspecified atom stereocenters. The van der Waals surface area contributed by atoms with E-state index in [0.29, 0.717) is 13.2 Å². The summed E-state index contributed by atoms with van der Waals surface area (Å²) in [5, 5.41) is 0. The summed E-state index contributed by atoms with van der Waals surface area (Å²) >= 11 is 4.12. The summed E-state index contributed by atoms with van der Waals surface area (Å²) in [7, 11) is 1.61. The van der Waals surface area contributed by atoms with E-state index in [2.05, 4.69) is 12.6 Å². The van der Waals surface area contributed by atoms with Crippen LogP contribution >= 0.6 is 12.6 Å². The summed E-state index contributed by atoms with van der Waals surface area (Å²) in [5.74, 6) is 0. The predicted octanol–water partition coefficient (Wildman–Crippen LogP) is 1.29. The fourth-order valence-electron chi connectivity index (χ4n) is 0.677. The molecule has 0 aromatic rings. The monoisotopic (exact) mass is 180 g/mol. The lowest BCUT2D eigenvalue weighted by atomic mass is 10.7. The van der Waals surface area contributed by atoms with Gasteiger partial charge in [-0.3, -0.25) is 0 Å². The molecule has 4 heteroatoms. The Bertz CT molecular complexity index is 79.8. The summed E-state index contributed by atoms with van der Waals surface area (Å²) in [5.41, 5.74) is -0.207. The van der Waals surface area contributed by atoms with Crippen molar-refractivity contribution < 1.29 is 14.2 Å². The van der Waals surface area contributed by atoms with Gasteiger partial charge in [-0.05, 0) is 13.8 Å². The van der Waals surface area contributed by atoms with E-state index in [1.165, 1.54) is 0 Å². The summed E-state index contributed by atoms with van der Waals surface area (Å²) in [6.45, 7) is 4.88. The fraction of sp³-hybridized carbons (Fsp3) is 1.00. The average Bonchev–Trinajstić information content (AvgIpc) is 1.87. The highest BCUT2D eigenvalue weighted by atomic mass is 32.1. The molecule has 0 spiro atoms. The lowest BCUT2D eigenvalue weighted by Gasteiger charge is -2.17. The highest BCUT2D eigenvalue weighted by molar-refractivity contribution is 7.80. The van der Waals surface area contributed by atoms with Crippen LogP contribution in [0.3, 0.4) is 0 Å². The molecule has 0 aliphatic carbocycles. The summed E-state index contributed by atoms with van der Waals surface area (Å²) in [6.07, 6.45) is -0.211. The highest BCUT2D eigenvalue weighted by Gasteiger charge is 2.07. The van der Waals surface area contributed by atoms with Crippen LogP contribution < -0.4 is 0 Å². The van der Waals surface area contributed by atoms with E-state index in [1.54, 1.807) is 7.11 Å². The molecule has 0 rings (SSSR count). The molecule has 2 atom stereocenters. The van der Waals surface area contributed by atoms with E-state index in [-0.39, 0.29) is 11.7 Å². The maximum atomic E-state index is 5.25. The third-order valence-corrected chi connectivity index (χ3v) is 1.33. The zero-order valence-electron chi connectivity index (χ0n) is 7.24. The molecule has 0 amide bonds. The van der Waals surface area contributed by atoms with Crippen LogP contribution in [0.25, 0.3) is 0 Å². The first-order valence-electron chi connectivity index (χ1n) is 3.64. The van der Waals surface area contributed by atoms with Gasteiger partial charge < -0.3 is 14.2 Å². The van der Waals surface area contributed by atoms with Gasteiger partial charge >= 0.3 is 0 Å². The van der Waals surface area contributed by atoms with Crippen LogP contribution in [0.4, 0.5) is 0 Å². The van der Waals surface area contributed by atoms with Gasteiger partial charge in [-0.15, -0.1) is 12.6 Å². The first kappa shape index (κ1) is 11.2. The fourth-order valence-corrected chi connectivity index (χ4v) is 0.998. The van der Waals surface area contributed by atoms with Crippen molar-refractivity contribution in [3.63, 3.8) is 0 Å². The largest absolute Gasteiger partial charge is 0.381 e. The molecule has 11 heavy (non-hydrogen) atoms. The van der Waals surface area contributed by atoms with Crippen LogP contribution in [0, 0.1) is 0 Å². The summed E-state index contributed by atoms with van der Waals surface area (Å²) < 4.78 is 15.2. The topological polar surface area (TPSA) is 27.7 Å². The lowest BCUT2D eigenvalue weighted by Crippen LogP contribution is -2.21. The quantitative estimate of drug-likeness (QED) is 0.493. The van der Waals surface area contributed by atoms with E-state index in [9.17, 15) is 0 Å². The minimum absolute atomic E-state index is 0.207. The van der Waals surface area contributed by atoms with Crippen LogP contribution in [-0.2, 0) is 14.2 Å². The molecular weight excluding hydrogens is 164 g/mol. The average molecular weight is 180 g/mol. The van der Waals surface area contributed by atoms with E-state index < -0.39 is 0 Å². The highest BCUT2D eigenvalue weighted by Crippen LogP contribution is 2.03. The number of thiol groups is 1. The Balaban J connectivity index is 3.32. The number of methoxy groups -OCH3 is 1. The molecule has 0 saturated carbocycles. The predicted molar refractivity (Wildman–Crippen MR) is 46.8 cm³/mol. The van der Waals surface area contributed by atoms with E-state index in [4.69, 9.17) is 14.2 Å². The maximum absolute atomic E-state index is 5.25. The number of rotatable bonds is 6. The maximum Gasteiger partial charge on any atom is 0.156 e. The van der Waals surface area contributed by atoms with Crippen LogP contribution in [0.5, 0.6) is 0 Å². The smallest absolute Gasteiger partial charge is 0.156 e. The van der Waals surface area contributed by atoms with Crippen molar-refractivity contribution in [2.75, 3.05) is 20.3 Å². The molecule has 0 bridgehead atoms. The van der Waals surface area contributed by atoms with Gasteiger partial charge in [0, 0.05) is 13.7 Å². The van der Waals surface area contributed by atoms with Crippen molar-refractivity contribution in [1.82, 2.24) is 0 Å². The van der Waals surface area contributed by atoms with Gasteiger partial charge in [0.05, 0.1) is 6.61 Å². The van der Waals surface area contributed by atoms with Crippen molar-refractivity contribution >= 4 is 12.6 Å². The van der Waals surface area contributed by atoms with Crippen molar-refractivity contribution in [2.45, 2.75) is 25.6 Å². The van der Waals surface area contributed by atoms with Crippen LogP contribution in [0.2, 0.25) is 0 Å². The van der Waals surface area contributed by atoms with Gasteiger partial charge in [0.15, 0.2) is 6.29 Å². The Hall–Kier alpha value is 0.230. The molecule has 0 radical (unpaired) electrons. The second-order valence-electron chi connectivity index (χ2n) is 2.07. The normalized spacial score (nSPS) is 16.4. The van der Waals surface area contributed by atoms with Crippen molar-refractivity contribution in [1.29, 1.82) is 0 Å².